The minimum Gasteiger partial charge on any atom is -0.443 e. The number of rotatable bonds is 6. The van der Waals surface area contributed by atoms with Gasteiger partial charge in [0.1, 0.15) is 17.8 Å². The number of alkyl carbamates (subject to hydrolysis) is 1. The van der Waals surface area contributed by atoms with E-state index in [0.29, 0.717) is 29.9 Å². The van der Waals surface area contributed by atoms with Crippen LogP contribution in [0, 0.1) is 0 Å². The van der Waals surface area contributed by atoms with Crippen molar-refractivity contribution in [2.75, 3.05) is 5.32 Å². The average Bonchev–Trinajstić information content (AvgIpc) is 3.40. The average molecular weight is 469 g/mol. The van der Waals surface area contributed by atoms with E-state index in [0.717, 1.165) is 0 Å². The Hall–Kier alpha value is -3.38. The van der Waals surface area contributed by atoms with Gasteiger partial charge in [-0.1, -0.05) is 0 Å². The number of hydrogen-bond acceptors (Lipinski definition) is 6. The molecule has 13 heteroatoms. The highest BCUT2D eigenvalue weighted by molar-refractivity contribution is 5.72. The van der Waals surface area contributed by atoms with E-state index < -0.39 is 36.9 Å². The Balaban J connectivity index is 1.45. The maximum atomic E-state index is 14.9. The molecule has 0 aliphatic heterocycles. The second-order valence-electron chi connectivity index (χ2n) is 8.24. The lowest BCUT2D eigenvalue weighted by Gasteiger charge is -2.18. The number of ether oxygens (including phenoxy) is 1. The predicted octanol–water partition coefficient (Wildman–Crippen LogP) is 4.02. The largest absolute Gasteiger partial charge is 0.443 e. The zero-order valence-corrected chi connectivity index (χ0v) is 17.9. The molecule has 3 N–H and O–H groups in total. The van der Waals surface area contributed by atoms with E-state index in [1.807, 2.05) is 0 Å². The van der Waals surface area contributed by atoms with Gasteiger partial charge in [-0.2, -0.15) is 23.4 Å². The first-order chi connectivity index (χ1) is 15.6. The predicted molar refractivity (Wildman–Crippen MR) is 110 cm³/mol. The summed E-state index contributed by atoms with van der Waals surface area (Å²) in [7, 11) is 0. The zero-order valence-electron chi connectivity index (χ0n) is 17.9. The van der Waals surface area contributed by atoms with Crippen LogP contribution in [0.4, 0.5) is 34.0 Å². The third-order valence-electron chi connectivity index (χ3n) is 5.23. The van der Waals surface area contributed by atoms with Crippen molar-refractivity contribution in [1.82, 2.24) is 30.1 Å². The van der Waals surface area contributed by atoms with Crippen molar-refractivity contribution in [1.29, 1.82) is 0 Å². The topological polar surface area (TPSA) is 109 Å². The first-order valence-corrected chi connectivity index (χ1v) is 10.4. The van der Waals surface area contributed by atoms with Gasteiger partial charge in [0.05, 0.1) is 12.1 Å². The number of alkyl halides is 4. The van der Waals surface area contributed by atoms with E-state index in [2.05, 4.69) is 30.9 Å². The van der Waals surface area contributed by atoms with Gasteiger partial charge in [-0.15, -0.1) is 0 Å². The minimum atomic E-state index is -4.38. The molecule has 0 saturated heterocycles. The molecule has 1 aliphatic carbocycles. The second kappa shape index (κ2) is 8.87. The van der Waals surface area contributed by atoms with Crippen LogP contribution >= 0.6 is 0 Å². The van der Waals surface area contributed by atoms with Crippen molar-refractivity contribution in [3.05, 3.63) is 35.9 Å². The minimum absolute atomic E-state index is 0.118. The van der Waals surface area contributed by atoms with Crippen molar-refractivity contribution < 1.29 is 27.1 Å². The third kappa shape index (κ3) is 5.34. The Labute approximate surface area is 185 Å². The Morgan fingerprint density at radius 1 is 1.33 bits per heavy atom. The van der Waals surface area contributed by atoms with Crippen molar-refractivity contribution in [2.24, 2.45) is 0 Å². The summed E-state index contributed by atoms with van der Waals surface area (Å²) in [4.78, 5) is 15.9. The molecule has 1 aliphatic rings. The smallest absolute Gasteiger partial charge is 0.407 e. The molecule has 1 fully saturated rings. The number of nitrogens with zero attached hydrogens (tertiary/aromatic N) is 4. The van der Waals surface area contributed by atoms with E-state index in [1.165, 1.54) is 23.0 Å². The van der Waals surface area contributed by atoms with Crippen LogP contribution in [0.1, 0.15) is 44.0 Å². The number of H-pyrrole nitrogens is 1. The molecule has 3 aromatic rings. The standard InChI is InChI=1S/C20H23F4N7O2/c1-10(2)26-19(32)33-15-4-3-12(17(15)21)13-8-16(29-28-13)27-18-14-7-11(9-20(22,23)24)30-31(14)6-5-25-18/h5-8,10,12,15,17H,3-4,9H2,1-2H3,(H,26,32)(H2,25,27,28,29)/t12-,15-,17+/m0/s1. The van der Waals surface area contributed by atoms with Crippen molar-refractivity contribution >= 4 is 23.2 Å². The number of anilines is 2. The summed E-state index contributed by atoms with van der Waals surface area (Å²) in [6.45, 7) is 3.56. The fourth-order valence-corrected chi connectivity index (χ4v) is 3.85. The first kappa shape index (κ1) is 22.8. The Morgan fingerprint density at radius 3 is 2.85 bits per heavy atom. The Bertz CT molecular complexity index is 1130. The molecule has 0 radical (unpaired) electrons. The van der Waals surface area contributed by atoms with Crippen molar-refractivity contribution in [3.8, 4) is 0 Å². The summed E-state index contributed by atoms with van der Waals surface area (Å²) in [6, 6.07) is 2.79. The van der Waals surface area contributed by atoms with Crippen LogP contribution in [0.25, 0.3) is 5.52 Å². The highest BCUT2D eigenvalue weighted by Crippen LogP contribution is 2.38. The summed E-state index contributed by atoms with van der Waals surface area (Å²) in [5.41, 5.74) is 0.716. The number of amides is 1. The van der Waals surface area contributed by atoms with Crippen molar-refractivity contribution in [2.45, 2.75) is 63.5 Å². The molecule has 178 valence electrons. The lowest BCUT2D eigenvalue weighted by Crippen LogP contribution is -2.36. The molecule has 9 nitrogen and oxygen atoms in total. The number of hydrogen-bond donors (Lipinski definition) is 3. The lowest BCUT2D eigenvalue weighted by atomic mass is 10.0. The number of aromatic amines is 1. The van der Waals surface area contributed by atoms with Crippen molar-refractivity contribution in [3.63, 3.8) is 0 Å². The monoisotopic (exact) mass is 469 g/mol. The number of halogens is 4. The van der Waals surface area contributed by atoms with Crippen LogP contribution in [-0.4, -0.2) is 55.4 Å². The second-order valence-corrected chi connectivity index (χ2v) is 8.24. The molecule has 0 bridgehead atoms. The van der Waals surface area contributed by atoms with Gasteiger partial charge in [-0.3, -0.25) is 5.10 Å². The summed E-state index contributed by atoms with van der Waals surface area (Å²) in [5.74, 6) is 0.0339. The van der Waals surface area contributed by atoms with E-state index >= 15 is 0 Å². The van der Waals surface area contributed by atoms with Crippen LogP contribution in [0.2, 0.25) is 0 Å². The van der Waals surface area contributed by atoms with E-state index in [9.17, 15) is 22.4 Å². The molecule has 33 heavy (non-hydrogen) atoms. The molecular formula is C20H23F4N7O2. The maximum Gasteiger partial charge on any atom is 0.407 e. The van der Waals surface area contributed by atoms with Gasteiger partial charge in [0.15, 0.2) is 11.6 Å². The molecule has 3 heterocycles. The van der Waals surface area contributed by atoms with Crippen LogP contribution in [0.3, 0.4) is 0 Å². The molecule has 4 rings (SSSR count). The van der Waals surface area contributed by atoms with Gasteiger partial charge in [0, 0.05) is 36.1 Å². The zero-order chi connectivity index (χ0) is 23.8. The van der Waals surface area contributed by atoms with Gasteiger partial charge in [0.2, 0.25) is 0 Å². The van der Waals surface area contributed by atoms with E-state index in [4.69, 9.17) is 4.74 Å². The van der Waals surface area contributed by atoms with E-state index in [1.54, 1.807) is 19.9 Å². The fourth-order valence-electron chi connectivity index (χ4n) is 3.85. The molecule has 3 atom stereocenters. The number of carbonyl (C=O) groups is 1. The van der Waals surface area contributed by atoms with E-state index in [-0.39, 0.29) is 17.6 Å². The molecule has 0 aromatic carbocycles. The van der Waals surface area contributed by atoms with Crippen LogP contribution in [-0.2, 0) is 11.2 Å². The fraction of sp³-hybridized carbons (Fsp3) is 0.500. The molecular weight excluding hydrogens is 446 g/mol. The summed E-state index contributed by atoms with van der Waals surface area (Å²) < 4.78 is 59.5. The Morgan fingerprint density at radius 2 is 2.12 bits per heavy atom. The summed E-state index contributed by atoms with van der Waals surface area (Å²) >= 11 is 0. The first-order valence-electron chi connectivity index (χ1n) is 10.4. The van der Waals surface area contributed by atoms with Gasteiger partial charge in [-0.25, -0.2) is 18.7 Å². The number of fused-ring (bicyclic) bond motifs is 1. The maximum absolute atomic E-state index is 14.9. The van der Waals surface area contributed by atoms with Gasteiger partial charge < -0.3 is 15.4 Å². The number of nitrogens with one attached hydrogen (secondary N) is 3. The van der Waals surface area contributed by atoms with Crippen LogP contribution < -0.4 is 10.6 Å². The highest BCUT2D eigenvalue weighted by Gasteiger charge is 2.41. The highest BCUT2D eigenvalue weighted by atomic mass is 19.4. The third-order valence-corrected chi connectivity index (χ3v) is 5.23. The summed E-state index contributed by atoms with van der Waals surface area (Å²) in [6.07, 6.45) is -4.78. The quantitative estimate of drug-likeness (QED) is 0.471. The lowest BCUT2D eigenvalue weighted by molar-refractivity contribution is -0.127. The number of carbonyl (C=O) groups excluding carboxylic acids is 1. The van der Waals surface area contributed by atoms with Gasteiger partial charge in [-0.05, 0) is 32.8 Å². The van der Waals surface area contributed by atoms with Crippen LogP contribution in [0.15, 0.2) is 24.5 Å². The molecule has 1 amide bonds. The Kier molecular flexibility index (Phi) is 6.13. The molecule has 0 spiro atoms. The van der Waals surface area contributed by atoms with Crippen LogP contribution in [0.5, 0.6) is 0 Å². The summed E-state index contributed by atoms with van der Waals surface area (Å²) in [5, 5.41) is 16.3. The normalized spacial score (nSPS) is 21.0. The number of aromatic nitrogens is 5. The van der Waals surface area contributed by atoms with Gasteiger partial charge >= 0.3 is 12.3 Å². The molecule has 3 aromatic heterocycles. The SMILES string of the molecule is CC(C)NC(=O)O[C@H]1CC[C@@H](c2cc(Nc3nccn4nc(CC(F)(F)F)cc34)n[nH]2)[C@H]1F. The molecule has 1 saturated carbocycles. The molecule has 0 unspecified atom stereocenters. The van der Waals surface area contributed by atoms with Gasteiger partial charge in [0.25, 0.3) is 0 Å².